The number of rotatable bonds is 4. The van der Waals surface area contributed by atoms with Crippen molar-refractivity contribution in [1.29, 1.82) is 0 Å². The van der Waals surface area contributed by atoms with Gasteiger partial charge in [0.2, 0.25) is 5.82 Å². The molecule has 0 aromatic carbocycles. The maximum Gasteiger partial charge on any atom is 0.407 e. The van der Waals surface area contributed by atoms with Crippen molar-refractivity contribution in [1.82, 2.24) is 14.9 Å². The van der Waals surface area contributed by atoms with E-state index < -0.39 is 11.0 Å². The Bertz CT molecular complexity index is 849. The molecule has 5 rings (SSSR count). The number of fused-ring (bicyclic) bond motifs is 2. The summed E-state index contributed by atoms with van der Waals surface area (Å²) in [6.07, 6.45) is 3.14. The Morgan fingerprint density at radius 1 is 1.23 bits per heavy atom. The van der Waals surface area contributed by atoms with Crippen LogP contribution in [-0.2, 0) is 0 Å². The first-order valence-corrected chi connectivity index (χ1v) is 8.11. The highest BCUT2D eigenvalue weighted by molar-refractivity contribution is 5.69. The number of nitrogens with zero attached hydrogens (tertiary/aromatic N) is 5. The van der Waals surface area contributed by atoms with Crippen molar-refractivity contribution in [3.05, 3.63) is 46.8 Å². The van der Waals surface area contributed by atoms with Gasteiger partial charge in [0.25, 0.3) is 0 Å². The highest BCUT2D eigenvalue weighted by Crippen LogP contribution is 2.38. The minimum atomic E-state index is -0.920. The van der Waals surface area contributed by atoms with Gasteiger partial charge in [-0.2, -0.15) is 0 Å². The summed E-state index contributed by atoms with van der Waals surface area (Å²) >= 11 is 0. The van der Waals surface area contributed by atoms with Gasteiger partial charge in [-0.05, 0) is 24.6 Å². The molecular formula is C16H16N6O4. The Kier molecular flexibility index (Phi) is 3.79. The molecular weight excluding hydrogens is 340 g/mol. The van der Waals surface area contributed by atoms with E-state index >= 15 is 0 Å². The van der Waals surface area contributed by atoms with Crippen molar-refractivity contribution < 1.29 is 14.8 Å². The quantitative estimate of drug-likeness (QED) is 0.630. The number of hydrogen-bond donors (Lipinski definition) is 2. The van der Waals surface area contributed by atoms with E-state index in [4.69, 9.17) is 5.11 Å². The van der Waals surface area contributed by atoms with Crippen LogP contribution in [0.5, 0.6) is 0 Å². The number of anilines is 3. The number of carboxylic acid groups (broad SMARTS) is 1. The van der Waals surface area contributed by atoms with E-state index in [0.717, 1.165) is 6.42 Å². The van der Waals surface area contributed by atoms with E-state index in [1.54, 1.807) is 30.6 Å². The molecule has 2 bridgehead atoms. The summed E-state index contributed by atoms with van der Waals surface area (Å²) in [6, 6.07) is 6.53. The average Bonchev–Trinajstić information content (AvgIpc) is 2.62. The van der Waals surface area contributed by atoms with Crippen LogP contribution in [0.15, 0.2) is 36.7 Å². The van der Waals surface area contributed by atoms with E-state index in [1.165, 1.54) is 11.0 Å². The van der Waals surface area contributed by atoms with Crippen molar-refractivity contribution in [2.24, 2.45) is 0 Å². The van der Waals surface area contributed by atoms with E-state index in [9.17, 15) is 14.9 Å². The predicted molar refractivity (Wildman–Crippen MR) is 92.7 cm³/mol. The molecule has 2 N–H and O–H groups in total. The Balaban J connectivity index is 1.62. The summed E-state index contributed by atoms with van der Waals surface area (Å²) in [5.41, 5.74) is 0.525. The van der Waals surface area contributed by atoms with Gasteiger partial charge in [0.15, 0.2) is 0 Å². The second-order valence-electron chi connectivity index (χ2n) is 6.29. The standard InChI is InChI=1S/C16H16N6O4/c23-16(24)20-8-11-7-12(9-20)21(11)14-2-1-13(22(25)26)15(19-14)18-10-3-5-17-6-4-10/h1-6,11-12H,7-9H2,(H,23,24)(H,17,18,19)/t11-,12+. The number of aromatic nitrogens is 2. The third-order valence-corrected chi connectivity index (χ3v) is 4.73. The number of piperazine rings is 1. The first-order chi connectivity index (χ1) is 12.5. The van der Waals surface area contributed by atoms with Crippen LogP contribution in [-0.4, -0.2) is 56.2 Å². The van der Waals surface area contributed by atoms with Crippen molar-refractivity contribution >= 4 is 29.1 Å². The van der Waals surface area contributed by atoms with Crippen molar-refractivity contribution in [3.8, 4) is 0 Å². The molecule has 2 aromatic heterocycles. The van der Waals surface area contributed by atoms with Crippen LogP contribution in [0, 0.1) is 10.1 Å². The van der Waals surface area contributed by atoms with E-state index in [1.807, 2.05) is 4.90 Å². The van der Waals surface area contributed by atoms with Crippen LogP contribution in [0.4, 0.5) is 27.8 Å². The number of pyridine rings is 2. The Morgan fingerprint density at radius 3 is 2.54 bits per heavy atom. The maximum atomic E-state index is 11.3. The van der Waals surface area contributed by atoms with Crippen LogP contribution in [0.25, 0.3) is 0 Å². The topological polar surface area (TPSA) is 125 Å². The molecule has 3 aliphatic rings. The summed E-state index contributed by atoms with van der Waals surface area (Å²) in [4.78, 5) is 33.8. The zero-order chi connectivity index (χ0) is 18.3. The Hall–Kier alpha value is -3.43. The summed E-state index contributed by atoms with van der Waals surface area (Å²) in [7, 11) is 0. The predicted octanol–water partition coefficient (Wildman–Crippen LogP) is 2.07. The molecule has 0 spiro atoms. The lowest BCUT2D eigenvalue weighted by Gasteiger charge is -2.56. The van der Waals surface area contributed by atoms with Gasteiger partial charge < -0.3 is 20.2 Å². The van der Waals surface area contributed by atoms with E-state index in [-0.39, 0.29) is 23.6 Å². The molecule has 3 saturated heterocycles. The first kappa shape index (κ1) is 16.1. The zero-order valence-electron chi connectivity index (χ0n) is 13.6. The summed E-state index contributed by atoms with van der Waals surface area (Å²) in [5.74, 6) is 0.761. The number of amides is 1. The van der Waals surface area contributed by atoms with Gasteiger partial charge in [0.1, 0.15) is 5.82 Å². The zero-order valence-corrected chi connectivity index (χ0v) is 13.6. The number of nitro groups is 1. The second-order valence-corrected chi connectivity index (χ2v) is 6.29. The normalized spacial score (nSPS) is 21.1. The van der Waals surface area contributed by atoms with Gasteiger partial charge in [-0.15, -0.1) is 0 Å². The molecule has 10 nitrogen and oxygen atoms in total. The minimum absolute atomic E-state index is 0.0487. The van der Waals surface area contributed by atoms with Crippen LogP contribution >= 0.6 is 0 Å². The fourth-order valence-corrected chi connectivity index (χ4v) is 3.54. The van der Waals surface area contributed by atoms with Crippen molar-refractivity contribution in [3.63, 3.8) is 0 Å². The van der Waals surface area contributed by atoms with Crippen molar-refractivity contribution in [2.45, 2.75) is 18.5 Å². The molecule has 0 unspecified atom stereocenters. The highest BCUT2D eigenvalue weighted by atomic mass is 16.6. The molecule has 26 heavy (non-hydrogen) atoms. The van der Waals surface area contributed by atoms with Gasteiger partial charge in [-0.25, -0.2) is 9.78 Å². The van der Waals surface area contributed by atoms with Gasteiger partial charge in [0, 0.05) is 37.2 Å². The third kappa shape index (κ3) is 2.75. The molecule has 134 valence electrons. The molecule has 0 aliphatic carbocycles. The largest absolute Gasteiger partial charge is 0.465 e. The SMILES string of the molecule is O=C(O)N1C[C@H]2C[C@@H](C1)N2c1ccc([N+](=O)[O-])c(Nc2ccncc2)n1. The smallest absolute Gasteiger partial charge is 0.407 e. The van der Waals surface area contributed by atoms with Gasteiger partial charge in [0.05, 0.1) is 17.0 Å². The van der Waals surface area contributed by atoms with Crippen LogP contribution < -0.4 is 10.2 Å². The molecule has 3 aliphatic heterocycles. The van der Waals surface area contributed by atoms with Crippen LogP contribution in [0.3, 0.4) is 0 Å². The molecule has 2 atom stereocenters. The summed E-state index contributed by atoms with van der Waals surface area (Å²) in [6.45, 7) is 0.829. The van der Waals surface area contributed by atoms with Crippen molar-refractivity contribution in [2.75, 3.05) is 23.3 Å². The molecule has 0 radical (unpaired) electrons. The molecule has 0 saturated carbocycles. The Labute approximate surface area is 148 Å². The maximum absolute atomic E-state index is 11.3. The lowest BCUT2D eigenvalue weighted by atomic mass is 9.87. The fourth-order valence-electron chi connectivity index (χ4n) is 3.54. The fraction of sp³-hybridized carbons (Fsp3) is 0.312. The summed E-state index contributed by atoms with van der Waals surface area (Å²) < 4.78 is 0. The lowest BCUT2D eigenvalue weighted by Crippen LogP contribution is -2.69. The highest BCUT2D eigenvalue weighted by Gasteiger charge is 2.46. The molecule has 2 aromatic rings. The summed E-state index contributed by atoms with van der Waals surface area (Å²) in [5, 5.41) is 23.4. The monoisotopic (exact) mass is 356 g/mol. The average molecular weight is 356 g/mol. The van der Waals surface area contributed by atoms with Gasteiger partial charge in [-0.3, -0.25) is 15.1 Å². The lowest BCUT2D eigenvalue weighted by molar-refractivity contribution is -0.384. The molecule has 5 heterocycles. The van der Waals surface area contributed by atoms with Gasteiger partial charge >= 0.3 is 11.8 Å². The van der Waals surface area contributed by atoms with E-state index in [0.29, 0.717) is 24.6 Å². The number of hydrogen-bond acceptors (Lipinski definition) is 7. The van der Waals surface area contributed by atoms with Crippen LogP contribution in [0.1, 0.15) is 6.42 Å². The molecule has 10 heteroatoms. The van der Waals surface area contributed by atoms with Gasteiger partial charge in [-0.1, -0.05) is 0 Å². The number of carbonyl (C=O) groups is 1. The first-order valence-electron chi connectivity index (χ1n) is 8.11. The minimum Gasteiger partial charge on any atom is -0.465 e. The van der Waals surface area contributed by atoms with Crippen LogP contribution in [0.2, 0.25) is 0 Å². The Morgan fingerprint density at radius 2 is 1.92 bits per heavy atom. The molecule has 1 amide bonds. The number of nitrogens with one attached hydrogen (secondary N) is 1. The van der Waals surface area contributed by atoms with E-state index in [2.05, 4.69) is 15.3 Å². The molecule has 3 fully saturated rings. The second kappa shape index (κ2) is 6.14. The number of piperidine rings is 1. The third-order valence-electron chi connectivity index (χ3n) is 4.73.